The Hall–Kier alpha value is -3.36. The molecule has 1 N–H and O–H groups in total. The molecular weight excluding hydrogens is 352 g/mol. The topological polar surface area (TPSA) is 192 Å². The molecule has 0 bridgehead atoms. The van der Waals surface area contributed by atoms with Crippen molar-refractivity contribution >= 4 is 29.0 Å². The highest BCUT2D eigenvalue weighted by Crippen LogP contribution is 2.33. The molecule has 0 saturated heterocycles. The third-order valence-electron chi connectivity index (χ3n) is 3.40. The molecule has 0 aliphatic carbocycles. The molecule has 1 aromatic heterocycles. The summed E-state index contributed by atoms with van der Waals surface area (Å²) in [6, 6.07) is 1.46. The monoisotopic (exact) mass is 362 g/mol. The van der Waals surface area contributed by atoms with Gasteiger partial charge in [-0.25, -0.2) is 4.98 Å². The summed E-state index contributed by atoms with van der Waals surface area (Å²) in [7, 11) is 0. The zero-order valence-electron chi connectivity index (χ0n) is 12.6. The van der Waals surface area contributed by atoms with Gasteiger partial charge in [0.05, 0.1) is 12.2 Å². The molecule has 2 heterocycles. The highest BCUT2D eigenvalue weighted by atomic mass is 35.5. The lowest BCUT2D eigenvalue weighted by atomic mass is 10.1. The Balaban J connectivity index is 2.55. The fourth-order valence-corrected chi connectivity index (χ4v) is 2.56. The van der Waals surface area contributed by atoms with Gasteiger partial charge in [-0.15, -0.1) is 0 Å². The van der Waals surface area contributed by atoms with Crippen molar-refractivity contribution in [2.75, 3.05) is 29.9 Å². The fraction of sp³-hybridized carbons (Fsp3) is 0.455. The molecule has 0 saturated carbocycles. The molecule has 25 heavy (non-hydrogen) atoms. The number of hydrogen-bond acceptors (Lipinski definition) is 6. The second kappa shape index (κ2) is 8.48. The van der Waals surface area contributed by atoms with E-state index in [0.29, 0.717) is 11.5 Å². The number of anilines is 2. The molecule has 1 atom stereocenters. The second-order valence-electron chi connectivity index (χ2n) is 4.81. The Morgan fingerprint density at radius 3 is 2.44 bits per heavy atom. The predicted octanol–water partition coefficient (Wildman–Crippen LogP) is 3.16. The average Bonchev–Trinajstić information content (AvgIpc) is 2.60. The Labute approximate surface area is 145 Å². The van der Waals surface area contributed by atoms with Gasteiger partial charge in [-0.1, -0.05) is 26.9 Å². The van der Waals surface area contributed by atoms with Crippen LogP contribution in [0.1, 0.15) is 0 Å². The van der Waals surface area contributed by atoms with Gasteiger partial charge in [0.1, 0.15) is 11.2 Å². The van der Waals surface area contributed by atoms with E-state index in [4.69, 9.17) is 28.2 Å². The Morgan fingerprint density at radius 1 is 1.20 bits per heavy atom. The number of hydrogen-bond donors (Lipinski definition) is 1. The number of rotatable bonds is 7. The number of pyridine rings is 1. The second-order valence-corrected chi connectivity index (χ2v) is 5.20. The van der Waals surface area contributed by atoms with Crippen molar-refractivity contribution < 1.29 is 4.79 Å². The van der Waals surface area contributed by atoms with E-state index in [0.717, 1.165) is 0 Å². The summed E-state index contributed by atoms with van der Waals surface area (Å²) in [5, 5.41) is 13.3. The summed E-state index contributed by atoms with van der Waals surface area (Å²) in [4.78, 5) is 26.2. The number of amides is 1. The van der Waals surface area contributed by atoms with E-state index in [1.807, 2.05) is 0 Å². The maximum atomic E-state index is 12.4. The minimum absolute atomic E-state index is 0.0940. The molecule has 1 aliphatic rings. The van der Waals surface area contributed by atoms with Crippen LogP contribution in [-0.4, -0.2) is 42.6 Å². The van der Waals surface area contributed by atoms with Crippen molar-refractivity contribution in [1.82, 2.24) is 4.98 Å². The molecule has 1 aliphatic heterocycles. The van der Waals surface area contributed by atoms with Gasteiger partial charge in [-0.3, -0.25) is 4.79 Å². The maximum Gasteiger partial charge on any atom is 0.247 e. The SMILES string of the molecule is [N-]=[N+]=NCC(CN=[N+]=[N-])N1c2nc(Cl)ccc2NC(=O)[C@H]1CN=[N+]=[N-]. The first-order chi connectivity index (χ1) is 12.1. The fourth-order valence-electron chi connectivity index (χ4n) is 2.42. The van der Waals surface area contributed by atoms with Crippen LogP contribution in [0.4, 0.5) is 11.5 Å². The molecular formula is C11H11ClN12O. The van der Waals surface area contributed by atoms with Crippen LogP contribution in [0.3, 0.4) is 0 Å². The molecule has 0 unspecified atom stereocenters. The van der Waals surface area contributed by atoms with Crippen LogP contribution in [0.25, 0.3) is 31.3 Å². The number of aromatic nitrogens is 1. The van der Waals surface area contributed by atoms with Crippen LogP contribution < -0.4 is 10.2 Å². The summed E-state index contributed by atoms with van der Waals surface area (Å²) >= 11 is 5.95. The average molecular weight is 363 g/mol. The van der Waals surface area contributed by atoms with E-state index in [-0.39, 0.29) is 24.8 Å². The van der Waals surface area contributed by atoms with Gasteiger partial charge in [0.2, 0.25) is 5.91 Å². The summed E-state index contributed by atoms with van der Waals surface area (Å²) in [6.07, 6.45) is 0. The summed E-state index contributed by atoms with van der Waals surface area (Å²) in [5.41, 5.74) is 26.1. The highest BCUT2D eigenvalue weighted by Gasteiger charge is 2.37. The molecule has 14 heteroatoms. The predicted molar refractivity (Wildman–Crippen MR) is 90.0 cm³/mol. The number of carbonyl (C=O) groups is 1. The largest absolute Gasteiger partial charge is 0.339 e. The first-order valence-corrected chi connectivity index (χ1v) is 7.28. The maximum absolute atomic E-state index is 12.4. The van der Waals surface area contributed by atoms with Crippen LogP contribution in [0.5, 0.6) is 0 Å². The van der Waals surface area contributed by atoms with Crippen LogP contribution in [0.2, 0.25) is 5.15 Å². The minimum atomic E-state index is -0.929. The number of halogens is 1. The molecule has 13 nitrogen and oxygen atoms in total. The van der Waals surface area contributed by atoms with Crippen molar-refractivity contribution in [3.05, 3.63) is 48.6 Å². The van der Waals surface area contributed by atoms with E-state index in [9.17, 15) is 4.79 Å². The molecule has 1 aromatic rings. The Morgan fingerprint density at radius 2 is 1.84 bits per heavy atom. The van der Waals surface area contributed by atoms with Crippen molar-refractivity contribution in [3.8, 4) is 0 Å². The highest BCUT2D eigenvalue weighted by molar-refractivity contribution is 6.29. The Kier molecular flexibility index (Phi) is 6.10. The quantitative estimate of drug-likeness (QED) is 0.337. The van der Waals surface area contributed by atoms with Gasteiger partial charge in [0.25, 0.3) is 0 Å². The normalized spacial score (nSPS) is 16.4. The zero-order valence-corrected chi connectivity index (χ0v) is 13.4. The van der Waals surface area contributed by atoms with Crippen LogP contribution >= 0.6 is 11.6 Å². The molecule has 128 valence electrons. The van der Waals surface area contributed by atoms with E-state index in [1.165, 1.54) is 11.0 Å². The molecule has 0 spiro atoms. The first-order valence-electron chi connectivity index (χ1n) is 6.90. The van der Waals surface area contributed by atoms with Gasteiger partial charge in [0, 0.05) is 33.9 Å². The van der Waals surface area contributed by atoms with E-state index in [2.05, 4.69) is 40.4 Å². The summed E-state index contributed by atoms with van der Waals surface area (Å²) in [6.45, 7) is -0.384. The molecule has 2 rings (SSSR count). The lowest BCUT2D eigenvalue weighted by molar-refractivity contribution is -0.117. The van der Waals surface area contributed by atoms with Gasteiger partial charge in [-0.2, -0.15) is 0 Å². The van der Waals surface area contributed by atoms with Crippen LogP contribution in [0, 0.1) is 0 Å². The molecule has 0 radical (unpaired) electrons. The number of fused-ring (bicyclic) bond motifs is 1. The molecule has 0 aromatic carbocycles. The van der Waals surface area contributed by atoms with Crippen molar-refractivity contribution in [3.63, 3.8) is 0 Å². The lowest BCUT2D eigenvalue weighted by Gasteiger charge is -2.40. The van der Waals surface area contributed by atoms with E-state index >= 15 is 0 Å². The number of nitrogens with one attached hydrogen (secondary N) is 1. The van der Waals surface area contributed by atoms with E-state index in [1.54, 1.807) is 6.07 Å². The van der Waals surface area contributed by atoms with Gasteiger partial charge in [0.15, 0.2) is 5.82 Å². The Bertz CT molecular complexity index is 787. The first kappa shape index (κ1) is 18.0. The standard InChI is InChI=1S/C11H11ClN12O/c12-9-2-1-7-10(20-9)24(6(3-16-21-13)4-17-22-14)8(5-18-23-15)11(25)19-7/h1-2,6,8H,3-5H2,(H,19,25)/t8-/m1/s1. The lowest BCUT2D eigenvalue weighted by Crippen LogP contribution is -2.56. The smallest absolute Gasteiger partial charge is 0.247 e. The van der Waals surface area contributed by atoms with Crippen LogP contribution in [0.15, 0.2) is 27.5 Å². The number of azide groups is 3. The number of nitrogens with zero attached hydrogens (tertiary/aromatic N) is 11. The summed E-state index contributed by atoms with van der Waals surface area (Å²) < 4.78 is 0. The summed E-state index contributed by atoms with van der Waals surface area (Å²) in [5.74, 6) is -0.132. The third kappa shape index (κ3) is 4.14. The minimum Gasteiger partial charge on any atom is -0.339 e. The zero-order chi connectivity index (χ0) is 18.2. The van der Waals surface area contributed by atoms with Gasteiger partial charge < -0.3 is 10.2 Å². The van der Waals surface area contributed by atoms with Crippen molar-refractivity contribution in [1.29, 1.82) is 0 Å². The van der Waals surface area contributed by atoms with Gasteiger partial charge >= 0.3 is 0 Å². The van der Waals surface area contributed by atoms with Crippen molar-refractivity contribution in [2.24, 2.45) is 15.3 Å². The van der Waals surface area contributed by atoms with Crippen molar-refractivity contribution in [2.45, 2.75) is 12.1 Å². The van der Waals surface area contributed by atoms with Crippen LogP contribution in [-0.2, 0) is 4.79 Å². The molecule has 0 fully saturated rings. The van der Waals surface area contributed by atoms with Gasteiger partial charge in [-0.05, 0) is 28.7 Å². The molecule has 1 amide bonds. The number of carbonyl (C=O) groups excluding carboxylic acids is 1. The van der Waals surface area contributed by atoms with E-state index < -0.39 is 18.0 Å². The third-order valence-corrected chi connectivity index (χ3v) is 3.62.